The van der Waals surface area contributed by atoms with Gasteiger partial charge in [-0.1, -0.05) is 48.5 Å². The monoisotopic (exact) mass is 968 g/mol. The highest BCUT2D eigenvalue weighted by molar-refractivity contribution is 5.97. The zero-order chi connectivity index (χ0) is 50.6. The minimum atomic E-state index is -1.48. The second-order valence-corrected chi connectivity index (χ2v) is 16.7. The lowest BCUT2D eigenvalue weighted by Crippen LogP contribution is -2.59. The highest BCUT2D eigenvalue weighted by Crippen LogP contribution is 2.19. The smallest absolute Gasteiger partial charge is 0.326 e. The Labute approximate surface area is 402 Å². The van der Waals surface area contributed by atoms with E-state index in [0.29, 0.717) is 16.8 Å². The van der Waals surface area contributed by atoms with Crippen molar-refractivity contribution in [3.05, 3.63) is 90.1 Å². The van der Waals surface area contributed by atoms with Gasteiger partial charge < -0.3 is 69.1 Å². The summed E-state index contributed by atoms with van der Waals surface area (Å²) in [4.78, 5) is 136. The van der Waals surface area contributed by atoms with E-state index in [1.807, 2.05) is 18.2 Å². The number of amides is 8. The maximum absolute atomic E-state index is 14.3. The first-order chi connectivity index (χ1) is 33.6. The first-order valence-corrected chi connectivity index (χ1v) is 22.7. The number of carboxylic acids is 1. The zero-order valence-corrected chi connectivity index (χ0v) is 38.5. The number of para-hydroxylation sites is 1. The van der Waals surface area contributed by atoms with E-state index in [-0.39, 0.29) is 76.8 Å². The van der Waals surface area contributed by atoms with E-state index in [1.165, 1.54) is 19.4 Å². The predicted octanol–water partition coefficient (Wildman–Crippen LogP) is -2.21. The van der Waals surface area contributed by atoms with Gasteiger partial charge in [0.05, 0.1) is 12.9 Å². The summed E-state index contributed by atoms with van der Waals surface area (Å²) in [5.74, 6) is -7.64. The molecule has 24 nitrogen and oxygen atoms in total. The number of nitrogens with two attached hydrogens (primary N) is 2. The summed E-state index contributed by atoms with van der Waals surface area (Å²) in [6.07, 6.45) is 3.71. The summed E-state index contributed by atoms with van der Waals surface area (Å²) in [5.41, 5.74) is 13.3. The van der Waals surface area contributed by atoms with Gasteiger partial charge in [0, 0.05) is 74.7 Å². The van der Waals surface area contributed by atoms with Crippen molar-refractivity contribution >= 4 is 70.1 Å². The Morgan fingerprint density at radius 2 is 1.50 bits per heavy atom. The molecule has 1 saturated heterocycles. The van der Waals surface area contributed by atoms with Crippen molar-refractivity contribution in [3.8, 4) is 0 Å². The molecule has 2 aromatic heterocycles. The van der Waals surface area contributed by atoms with Crippen molar-refractivity contribution in [3.63, 3.8) is 0 Å². The molecule has 0 saturated carbocycles. The molecule has 8 amide bonds. The number of rotatable bonds is 14. The second-order valence-electron chi connectivity index (χ2n) is 16.7. The third-order valence-corrected chi connectivity index (χ3v) is 11.2. The fourth-order valence-electron chi connectivity index (χ4n) is 7.68. The summed E-state index contributed by atoms with van der Waals surface area (Å²) < 4.78 is 0. The summed E-state index contributed by atoms with van der Waals surface area (Å²) in [6, 6.07) is 7.75. The molecule has 2 aromatic carbocycles. The number of hydrogen-bond donors (Lipinski definition) is 13. The van der Waals surface area contributed by atoms with Gasteiger partial charge in [-0.05, 0) is 49.3 Å². The first-order valence-electron chi connectivity index (χ1n) is 22.7. The number of imidazole rings is 1. The minimum Gasteiger partial charge on any atom is -0.480 e. The van der Waals surface area contributed by atoms with Gasteiger partial charge in [0.1, 0.15) is 36.3 Å². The Morgan fingerprint density at radius 1 is 0.800 bits per heavy atom. The van der Waals surface area contributed by atoms with Crippen LogP contribution in [0, 0.1) is 0 Å². The van der Waals surface area contributed by atoms with Crippen LogP contribution in [0.3, 0.4) is 0 Å². The van der Waals surface area contributed by atoms with Crippen molar-refractivity contribution in [2.75, 3.05) is 19.6 Å². The number of carbonyl (C=O) groups excluding carboxylic acids is 8. The third kappa shape index (κ3) is 16.8. The van der Waals surface area contributed by atoms with Gasteiger partial charge >= 0.3 is 5.97 Å². The normalized spacial score (nSPS) is 20.8. The number of fused-ring (bicyclic) bond motifs is 1. The molecule has 0 aliphatic carbocycles. The molecule has 1 fully saturated rings. The molecule has 0 radical (unpaired) electrons. The number of hydrogen-bond acceptors (Lipinski definition) is 11. The molecule has 6 atom stereocenters. The molecule has 0 bridgehead atoms. The minimum absolute atomic E-state index is 0.0477. The summed E-state index contributed by atoms with van der Waals surface area (Å²) >= 11 is 0. The number of aliphatic carboxylic acids is 1. The van der Waals surface area contributed by atoms with Crippen LogP contribution in [-0.2, 0) is 62.4 Å². The maximum atomic E-state index is 14.3. The van der Waals surface area contributed by atoms with Crippen LogP contribution in [0.2, 0.25) is 0 Å². The Hall–Kier alpha value is -8.31. The molecular weight excluding hydrogens is 909 g/mol. The molecule has 1 aliphatic rings. The molecule has 3 heterocycles. The van der Waals surface area contributed by atoms with Crippen molar-refractivity contribution in [2.45, 2.75) is 101 Å². The van der Waals surface area contributed by atoms with Crippen LogP contribution in [0.5, 0.6) is 0 Å². The van der Waals surface area contributed by atoms with Crippen LogP contribution in [0.25, 0.3) is 10.9 Å². The van der Waals surface area contributed by atoms with Crippen LogP contribution in [0.1, 0.15) is 62.3 Å². The molecule has 374 valence electrons. The quantitative estimate of drug-likeness (QED) is 0.0363. The number of aromatic amines is 2. The van der Waals surface area contributed by atoms with Crippen molar-refractivity contribution in [1.29, 1.82) is 0 Å². The Kier molecular flexibility index (Phi) is 19.8. The number of carbonyl (C=O) groups is 9. The van der Waals surface area contributed by atoms with E-state index < -0.39 is 96.0 Å². The van der Waals surface area contributed by atoms with Crippen LogP contribution in [0.15, 0.2) is 78.3 Å². The highest BCUT2D eigenvalue weighted by Gasteiger charge is 2.33. The predicted molar refractivity (Wildman–Crippen MR) is 254 cm³/mol. The van der Waals surface area contributed by atoms with Crippen LogP contribution < -0.4 is 54.0 Å². The average Bonchev–Trinajstić information content (AvgIpc) is 4.00. The third-order valence-electron chi connectivity index (χ3n) is 11.2. The standard InChI is InChI=1S/C46H60N14O10/c1-26(61)55-32(13-7-18-51-46(47)48)41(65)57-33-15-16-38(62)50-17-8-14-34(45(69)70)58-43(67)36(20-28-22-52-31-12-6-5-11-30(28)31)56-39(63)24-53-40(64)35(19-27-9-3-2-4-10-27)59-44(68)37(60-42(33)66)21-29-23-49-25-54-29/h2-6,9-12,22-23,25,32-37,52H,7-8,13-21,24H2,1H3,(H,49,54)(H,50,62)(H,53,64)(H,55,61)(H,56,63)(H,57,65)(H,58,67)(H,59,68)(H,60,66)(H,69,70)(H4,47,48,51)/t32-,33?,34?,35?,36-,37-/m0/s1. The Morgan fingerprint density at radius 3 is 2.21 bits per heavy atom. The first kappa shape index (κ1) is 52.7. The van der Waals surface area contributed by atoms with E-state index >= 15 is 0 Å². The number of aromatic nitrogens is 3. The van der Waals surface area contributed by atoms with E-state index in [9.17, 15) is 48.3 Å². The Balaban J connectivity index is 1.46. The highest BCUT2D eigenvalue weighted by atomic mass is 16.4. The summed E-state index contributed by atoms with van der Waals surface area (Å²) in [6.45, 7) is 0.618. The molecule has 5 rings (SSSR count). The average molecular weight is 969 g/mol. The van der Waals surface area contributed by atoms with Gasteiger partial charge in [-0.25, -0.2) is 9.78 Å². The van der Waals surface area contributed by atoms with E-state index in [4.69, 9.17) is 11.5 Å². The topological polar surface area (TPSA) is 379 Å². The lowest BCUT2D eigenvalue weighted by atomic mass is 10.0. The number of benzene rings is 2. The summed E-state index contributed by atoms with van der Waals surface area (Å²) in [5, 5.41) is 31.7. The second kappa shape index (κ2) is 26.3. The largest absolute Gasteiger partial charge is 0.480 e. The SMILES string of the molecule is CC(=O)N[C@@H](CCCN=C(N)N)C(=O)NC1CCC(=O)NCCCC(C(=O)O)NC(=O)[C@H](Cc2c[nH]c3ccccc23)NC(=O)CNC(=O)C(Cc2ccccc2)NC(=O)[C@H](Cc2cnc[nH]2)NC1=O. The number of aliphatic imine (C=N–C) groups is 1. The number of H-pyrrole nitrogens is 2. The maximum Gasteiger partial charge on any atom is 0.326 e. The van der Waals surface area contributed by atoms with Crippen molar-refractivity contribution < 1.29 is 48.3 Å². The fourth-order valence-corrected chi connectivity index (χ4v) is 7.68. The van der Waals surface area contributed by atoms with Crippen LogP contribution in [0.4, 0.5) is 0 Å². The molecule has 4 aromatic rings. The van der Waals surface area contributed by atoms with Crippen LogP contribution >= 0.6 is 0 Å². The van der Waals surface area contributed by atoms with E-state index in [0.717, 1.165) is 10.9 Å². The van der Waals surface area contributed by atoms with Gasteiger partial charge in [0.15, 0.2) is 5.96 Å². The van der Waals surface area contributed by atoms with Crippen LogP contribution in [-0.4, -0.2) is 135 Å². The lowest BCUT2D eigenvalue weighted by molar-refractivity contribution is -0.142. The fraction of sp³-hybridized carbons (Fsp3) is 0.413. The Bertz CT molecular complexity index is 2490. The van der Waals surface area contributed by atoms with E-state index in [2.05, 4.69) is 62.5 Å². The molecule has 1 aliphatic heterocycles. The molecular formula is C46H60N14O10. The summed E-state index contributed by atoms with van der Waals surface area (Å²) in [7, 11) is 0. The molecule has 70 heavy (non-hydrogen) atoms. The zero-order valence-electron chi connectivity index (χ0n) is 38.5. The number of nitrogens with zero attached hydrogens (tertiary/aromatic N) is 2. The molecule has 24 heteroatoms. The lowest BCUT2D eigenvalue weighted by Gasteiger charge is -2.26. The molecule has 15 N–H and O–H groups in total. The number of guanidine groups is 1. The van der Waals surface area contributed by atoms with Gasteiger partial charge in [-0.15, -0.1) is 0 Å². The molecule has 3 unspecified atom stereocenters. The van der Waals surface area contributed by atoms with Gasteiger partial charge in [-0.2, -0.15) is 0 Å². The van der Waals surface area contributed by atoms with E-state index in [1.54, 1.807) is 42.6 Å². The number of nitrogens with one attached hydrogen (secondary N) is 10. The van der Waals surface area contributed by atoms with Gasteiger partial charge in [0.25, 0.3) is 0 Å². The number of carboxylic acid groups (broad SMARTS) is 1. The van der Waals surface area contributed by atoms with Gasteiger partial charge in [0.2, 0.25) is 47.3 Å². The van der Waals surface area contributed by atoms with Crippen molar-refractivity contribution in [2.24, 2.45) is 16.5 Å². The molecule has 0 spiro atoms. The van der Waals surface area contributed by atoms with Crippen molar-refractivity contribution in [1.82, 2.24) is 57.5 Å². The van der Waals surface area contributed by atoms with Gasteiger partial charge in [-0.3, -0.25) is 43.3 Å².